The van der Waals surface area contributed by atoms with Crippen LogP contribution in [0.1, 0.15) is 24.0 Å². The van der Waals surface area contributed by atoms with E-state index in [1.54, 1.807) is 0 Å². The molecule has 21 heavy (non-hydrogen) atoms. The molecule has 1 aliphatic rings. The lowest BCUT2D eigenvalue weighted by molar-refractivity contribution is -0.137. The number of benzene rings is 1. The Bertz CT molecular complexity index is 488. The first-order valence-corrected chi connectivity index (χ1v) is 6.72. The molecule has 1 aromatic rings. The van der Waals surface area contributed by atoms with Crippen molar-refractivity contribution in [3.05, 3.63) is 35.4 Å². The Balaban J connectivity index is 1.94. The maximum absolute atomic E-state index is 12.5. The van der Waals surface area contributed by atoms with Gasteiger partial charge in [-0.25, -0.2) is 4.79 Å². The highest BCUT2D eigenvalue weighted by molar-refractivity contribution is 5.69. The van der Waals surface area contributed by atoms with Crippen molar-refractivity contribution in [1.82, 2.24) is 4.90 Å². The number of rotatable bonds is 5. The molecule has 7 heteroatoms. The van der Waals surface area contributed by atoms with Crippen LogP contribution in [-0.4, -0.2) is 30.2 Å². The van der Waals surface area contributed by atoms with Crippen LogP contribution in [0.15, 0.2) is 24.3 Å². The minimum atomic E-state index is -4.35. The third kappa shape index (κ3) is 4.10. The van der Waals surface area contributed by atoms with E-state index in [1.165, 1.54) is 17.0 Å². The van der Waals surface area contributed by atoms with Crippen LogP contribution in [0.5, 0.6) is 0 Å². The van der Waals surface area contributed by atoms with E-state index in [9.17, 15) is 18.0 Å². The average molecular weight is 302 g/mol. The van der Waals surface area contributed by atoms with Gasteiger partial charge in [-0.15, -0.1) is 0 Å². The van der Waals surface area contributed by atoms with Crippen LogP contribution in [0.25, 0.3) is 0 Å². The van der Waals surface area contributed by atoms with E-state index in [0.717, 1.165) is 18.6 Å². The predicted molar refractivity (Wildman–Crippen MR) is 70.4 cm³/mol. The first kappa shape index (κ1) is 15.6. The summed E-state index contributed by atoms with van der Waals surface area (Å²) >= 11 is 0. The molecule has 1 aliphatic heterocycles. The molecule has 1 amide bonds. The topological polar surface area (TPSA) is 55.6 Å². The number of carbonyl (C=O) groups is 1. The fraction of sp³-hybridized carbons (Fsp3) is 0.500. The van der Waals surface area contributed by atoms with Crippen LogP contribution in [0.2, 0.25) is 0 Å². The molecule has 0 radical (unpaired) electrons. The molecular weight excluding hydrogens is 285 g/mol. The smallest absolute Gasteiger partial charge is 0.416 e. The average Bonchev–Trinajstić information content (AvgIpc) is 2.76. The van der Waals surface area contributed by atoms with Crippen molar-refractivity contribution in [3.8, 4) is 0 Å². The van der Waals surface area contributed by atoms with Gasteiger partial charge < -0.3 is 15.4 Å². The van der Waals surface area contributed by atoms with Gasteiger partial charge in [0.2, 0.25) is 0 Å². The molecule has 0 aliphatic carbocycles. The van der Waals surface area contributed by atoms with Crippen LogP contribution < -0.4 is 5.73 Å². The number of cyclic esters (lactones) is 1. The second kappa shape index (κ2) is 6.34. The van der Waals surface area contributed by atoms with E-state index in [-0.39, 0.29) is 12.6 Å². The normalized spacial score (nSPS) is 19.0. The van der Waals surface area contributed by atoms with Gasteiger partial charge in [0.15, 0.2) is 0 Å². The number of ether oxygens (including phenoxy) is 1. The molecule has 0 bridgehead atoms. The highest BCUT2D eigenvalue weighted by Crippen LogP contribution is 2.29. The SMILES string of the molecule is NCCCC1CN(Cc2ccc(C(F)(F)F)cc2)C(=O)O1. The third-order valence-electron chi connectivity index (χ3n) is 3.33. The number of alkyl halides is 3. The van der Waals surface area contributed by atoms with Crippen LogP contribution >= 0.6 is 0 Å². The Morgan fingerprint density at radius 3 is 2.52 bits per heavy atom. The molecule has 116 valence electrons. The van der Waals surface area contributed by atoms with Crippen molar-refractivity contribution in [3.63, 3.8) is 0 Å². The Hall–Kier alpha value is -1.76. The molecule has 1 heterocycles. The zero-order valence-corrected chi connectivity index (χ0v) is 11.4. The summed E-state index contributed by atoms with van der Waals surface area (Å²) in [5, 5.41) is 0. The first-order chi connectivity index (χ1) is 9.90. The summed E-state index contributed by atoms with van der Waals surface area (Å²) in [6.45, 7) is 1.23. The van der Waals surface area contributed by atoms with Crippen molar-refractivity contribution >= 4 is 6.09 Å². The Kier molecular flexibility index (Phi) is 4.72. The molecule has 1 atom stereocenters. The lowest BCUT2D eigenvalue weighted by Crippen LogP contribution is -2.24. The summed E-state index contributed by atoms with van der Waals surface area (Å²) in [7, 11) is 0. The zero-order chi connectivity index (χ0) is 15.5. The van der Waals surface area contributed by atoms with Gasteiger partial charge in [0, 0.05) is 6.54 Å². The minimum absolute atomic E-state index is 0.185. The van der Waals surface area contributed by atoms with Crippen molar-refractivity contribution < 1.29 is 22.7 Å². The molecule has 4 nitrogen and oxygen atoms in total. The van der Waals surface area contributed by atoms with Crippen LogP contribution in [0, 0.1) is 0 Å². The quantitative estimate of drug-likeness (QED) is 0.910. The van der Waals surface area contributed by atoms with Gasteiger partial charge in [0.25, 0.3) is 0 Å². The van der Waals surface area contributed by atoms with Crippen LogP contribution in [0.3, 0.4) is 0 Å². The lowest BCUT2D eigenvalue weighted by Gasteiger charge is -2.14. The second-order valence-electron chi connectivity index (χ2n) is 5.01. The zero-order valence-electron chi connectivity index (χ0n) is 11.4. The molecule has 0 spiro atoms. The first-order valence-electron chi connectivity index (χ1n) is 6.72. The highest BCUT2D eigenvalue weighted by atomic mass is 19.4. The fourth-order valence-electron chi connectivity index (χ4n) is 2.22. The van der Waals surface area contributed by atoms with Gasteiger partial charge in [-0.1, -0.05) is 12.1 Å². The second-order valence-corrected chi connectivity index (χ2v) is 5.01. The molecular formula is C14H17F3N2O2. The van der Waals surface area contributed by atoms with Crippen molar-refractivity contribution in [2.24, 2.45) is 5.73 Å². The molecule has 2 N–H and O–H groups in total. The summed E-state index contributed by atoms with van der Waals surface area (Å²) in [6.07, 6.45) is -3.50. The largest absolute Gasteiger partial charge is 0.444 e. The molecule has 1 saturated heterocycles. The molecule has 1 fully saturated rings. The number of halogens is 3. The number of nitrogens with two attached hydrogens (primary N) is 1. The Morgan fingerprint density at radius 1 is 1.29 bits per heavy atom. The number of hydrogen-bond acceptors (Lipinski definition) is 3. The molecule has 0 aromatic heterocycles. The molecule has 1 aromatic carbocycles. The van der Waals surface area contributed by atoms with E-state index in [2.05, 4.69) is 0 Å². The lowest BCUT2D eigenvalue weighted by atomic mass is 10.1. The van der Waals surface area contributed by atoms with Crippen molar-refractivity contribution in [1.29, 1.82) is 0 Å². The van der Waals surface area contributed by atoms with Gasteiger partial charge in [-0.3, -0.25) is 0 Å². The summed E-state index contributed by atoms with van der Waals surface area (Å²) in [6, 6.07) is 4.79. The van der Waals surface area contributed by atoms with Gasteiger partial charge in [-0.05, 0) is 37.1 Å². The molecule has 2 rings (SSSR count). The van der Waals surface area contributed by atoms with E-state index in [1.807, 2.05) is 0 Å². The minimum Gasteiger partial charge on any atom is -0.444 e. The monoisotopic (exact) mass is 302 g/mol. The predicted octanol–water partition coefficient (Wildman–Crippen LogP) is 2.77. The number of nitrogens with zero attached hydrogens (tertiary/aromatic N) is 1. The number of carbonyl (C=O) groups excluding carboxylic acids is 1. The maximum Gasteiger partial charge on any atom is 0.416 e. The van der Waals surface area contributed by atoms with E-state index < -0.39 is 17.8 Å². The van der Waals surface area contributed by atoms with E-state index >= 15 is 0 Å². The van der Waals surface area contributed by atoms with Gasteiger partial charge in [0.05, 0.1) is 12.1 Å². The van der Waals surface area contributed by atoms with Crippen molar-refractivity contribution in [2.75, 3.05) is 13.1 Å². The molecule has 1 unspecified atom stereocenters. The summed E-state index contributed by atoms with van der Waals surface area (Å²) < 4.78 is 42.6. The summed E-state index contributed by atoms with van der Waals surface area (Å²) in [4.78, 5) is 13.2. The van der Waals surface area contributed by atoms with Crippen molar-refractivity contribution in [2.45, 2.75) is 31.7 Å². The van der Waals surface area contributed by atoms with Gasteiger partial charge in [-0.2, -0.15) is 13.2 Å². The van der Waals surface area contributed by atoms with Crippen LogP contribution in [0.4, 0.5) is 18.0 Å². The Labute approximate surface area is 120 Å². The number of hydrogen-bond donors (Lipinski definition) is 1. The van der Waals surface area contributed by atoms with E-state index in [0.29, 0.717) is 25.1 Å². The maximum atomic E-state index is 12.5. The molecule has 0 saturated carbocycles. The summed E-state index contributed by atoms with van der Waals surface area (Å²) in [5.41, 5.74) is 5.34. The number of amides is 1. The summed E-state index contributed by atoms with van der Waals surface area (Å²) in [5.74, 6) is 0. The van der Waals surface area contributed by atoms with E-state index in [4.69, 9.17) is 10.5 Å². The standard InChI is InChI=1S/C14H17F3N2O2/c15-14(16,17)11-5-3-10(4-6-11)8-19-9-12(2-1-7-18)21-13(19)20/h3-6,12H,1-2,7-9,18H2. The highest BCUT2D eigenvalue weighted by Gasteiger charge is 2.32. The van der Waals surface area contributed by atoms with Gasteiger partial charge in [0.1, 0.15) is 6.10 Å². The third-order valence-corrected chi connectivity index (χ3v) is 3.33. The Morgan fingerprint density at radius 2 is 1.95 bits per heavy atom. The van der Waals surface area contributed by atoms with Gasteiger partial charge >= 0.3 is 12.3 Å². The fourth-order valence-corrected chi connectivity index (χ4v) is 2.22. The van der Waals surface area contributed by atoms with Crippen LogP contribution in [-0.2, 0) is 17.5 Å².